The van der Waals surface area contributed by atoms with Gasteiger partial charge in [0.05, 0.1) is 19.5 Å². The van der Waals surface area contributed by atoms with Gasteiger partial charge in [-0.1, -0.05) is 26.0 Å². The molecule has 1 rings (SSSR count). The lowest BCUT2D eigenvalue weighted by Gasteiger charge is -2.30. The van der Waals surface area contributed by atoms with E-state index in [1.807, 2.05) is 24.3 Å². The summed E-state index contributed by atoms with van der Waals surface area (Å²) in [5, 5.41) is 0. The molecule has 7 heteroatoms. The van der Waals surface area contributed by atoms with Crippen molar-refractivity contribution in [2.45, 2.75) is 19.9 Å². The number of hydrogen-bond acceptors (Lipinski definition) is 5. The third-order valence-corrected chi connectivity index (χ3v) is 5.12. The molecule has 23 heavy (non-hydrogen) atoms. The Kier molecular flexibility index (Phi) is 8.54. The van der Waals surface area contributed by atoms with E-state index in [-0.39, 0.29) is 18.4 Å². The highest BCUT2D eigenvalue weighted by atomic mass is 32.2. The molecular weight excluding hydrogens is 316 g/mol. The number of likely N-dealkylation sites (N-methyl/N-ethyl adjacent to an activating group) is 1. The van der Waals surface area contributed by atoms with Crippen LogP contribution in [0, 0.1) is 0 Å². The van der Waals surface area contributed by atoms with Crippen LogP contribution in [0.4, 0.5) is 0 Å². The van der Waals surface area contributed by atoms with Crippen LogP contribution in [0.15, 0.2) is 24.3 Å². The van der Waals surface area contributed by atoms with Gasteiger partial charge in [-0.25, -0.2) is 13.1 Å². The molecule has 0 aliphatic heterocycles. The summed E-state index contributed by atoms with van der Waals surface area (Å²) < 4.78 is 36.7. The summed E-state index contributed by atoms with van der Waals surface area (Å²) in [4.78, 5) is 2.22. The normalized spacial score (nSPS) is 13.3. The Bertz CT molecular complexity index is 542. The molecule has 6 nitrogen and oxygen atoms in total. The Morgan fingerprint density at radius 1 is 1.13 bits per heavy atom. The van der Waals surface area contributed by atoms with Gasteiger partial charge < -0.3 is 9.47 Å². The van der Waals surface area contributed by atoms with Crippen molar-refractivity contribution < 1.29 is 17.9 Å². The zero-order valence-electron chi connectivity index (χ0n) is 14.4. The average molecular weight is 344 g/mol. The number of ether oxygens (including phenoxy) is 2. The van der Waals surface area contributed by atoms with Crippen LogP contribution in [0.3, 0.4) is 0 Å². The Balaban J connectivity index is 2.88. The van der Waals surface area contributed by atoms with E-state index in [0.717, 1.165) is 24.4 Å². The summed E-state index contributed by atoms with van der Waals surface area (Å²) in [6, 6.07) is 7.72. The molecule has 1 N–H and O–H groups in total. The molecule has 0 spiro atoms. The van der Waals surface area contributed by atoms with Gasteiger partial charge in [0.2, 0.25) is 10.0 Å². The first-order chi connectivity index (χ1) is 11.0. The van der Waals surface area contributed by atoms with Gasteiger partial charge >= 0.3 is 0 Å². The first-order valence-electron chi connectivity index (χ1n) is 7.81. The largest absolute Gasteiger partial charge is 0.497 e. The van der Waals surface area contributed by atoms with Gasteiger partial charge in [0.15, 0.2) is 0 Å². The predicted molar refractivity (Wildman–Crippen MR) is 92.3 cm³/mol. The maximum atomic E-state index is 12.0. The van der Waals surface area contributed by atoms with E-state index in [2.05, 4.69) is 23.5 Å². The lowest BCUT2D eigenvalue weighted by molar-refractivity contribution is 0.214. The highest BCUT2D eigenvalue weighted by Crippen LogP contribution is 2.22. The second-order valence-corrected chi connectivity index (χ2v) is 7.10. The average Bonchev–Trinajstić information content (AvgIpc) is 2.57. The molecule has 0 heterocycles. The van der Waals surface area contributed by atoms with E-state index in [1.165, 1.54) is 7.11 Å². The van der Waals surface area contributed by atoms with Crippen LogP contribution in [0.5, 0.6) is 5.75 Å². The maximum absolute atomic E-state index is 12.0. The summed E-state index contributed by atoms with van der Waals surface area (Å²) in [5.41, 5.74) is 1.06. The van der Waals surface area contributed by atoms with Gasteiger partial charge in [-0.3, -0.25) is 4.90 Å². The minimum atomic E-state index is -3.34. The fourth-order valence-electron chi connectivity index (χ4n) is 2.42. The minimum absolute atomic E-state index is 0.0202. The molecule has 0 aliphatic carbocycles. The van der Waals surface area contributed by atoms with Gasteiger partial charge in [-0.05, 0) is 30.8 Å². The summed E-state index contributed by atoms with van der Waals surface area (Å²) in [6.07, 6.45) is 0. The van der Waals surface area contributed by atoms with Crippen LogP contribution >= 0.6 is 0 Å². The van der Waals surface area contributed by atoms with Crippen molar-refractivity contribution in [3.8, 4) is 5.75 Å². The standard InChI is InChI=1S/C16H28N2O4S/c1-5-18(6-2)16(13-17-23(19,20)12-11-21-3)14-7-9-15(22-4)10-8-14/h7-10,16-17H,5-6,11-13H2,1-4H3. The van der Waals surface area contributed by atoms with Crippen LogP contribution in [0.1, 0.15) is 25.5 Å². The number of benzene rings is 1. The molecule has 0 saturated heterocycles. The summed E-state index contributed by atoms with van der Waals surface area (Å²) >= 11 is 0. The van der Waals surface area contributed by atoms with Gasteiger partial charge in [-0.2, -0.15) is 0 Å². The van der Waals surface area contributed by atoms with Crippen molar-refractivity contribution in [2.75, 3.05) is 46.2 Å². The highest BCUT2D eigenvalue weighted by molar-refractivity contribution is 7.89. The van der Waals surface area contributed by atoms with E-state index >= 15 is 0 Å². The SMILES string of the molecule is CCN(CC)C(CNS(=O)(=O)CCOC)c1ccc(OC)cc1. The second-order valence-electron chi connectivity index (χ2n) is 5.17. The van der Waals surface area contributed by atoms with Crippen LogP contribution < -0.4 is 9.46 Å². The number of methoxy groups -OCH3 is 2. The summed E-state index contributed by atoms with van der Waals surface area (Å²) in [7, 11) is -0.218. The summed E-state index contributed by atoms with van der Waals surface area (Å²) in [6.45, 7) is 6.34. The van der Waals surface area contributed by atoms with Crippen molar-refractivity contribution in [3.05, 3.63) is 29.8 Å². The Morgan fingerprint density at radius 3 is 2.22 bits per heavy atom. The van der Waals surface area contributed by atoms with Gasteiger partial charge in [-0.15, -0.1) is 0 Å². The first-order valence-corrected chi connectivity index (χ1v) is 9.46. The van der Waals surface area contributed by atoms with Crippen LogP contribution in [-0.2, 0) is 14.8 Å². The molecule has 1 unspecified atom stereocenters. The quantitative estimate of drug-likeness (QED) is 0.661. The number of nitrogens with one attached hydrogen (secondary N) is 1. The minimum Gasteiger partial charge on any atom is -0.497 e. The molecule has 0 aliphatic rings. The lowest BCUT2D eigenvalue weighted by Crippen LogP contribution is -2.39. The van der Waals surface area contributed by atoms with Crippen LogP contribution in [-0.4, -0.2) is 59.5 Å². The molecule has 0 radical (unpaired) electrons. The van der Waals surface area contributed by atoms with Crippen LogP contribution in [0.25, 0.3) is 0 Å². The number of nitrogens with zero attached hydrogens (tertiary/aromatic N) is 1. The Hall–Kier alpha value is -1.15. The van der Waals surface area contributed by atoms with Crippen molar-refractivity contribution in [3.63, 3.8) is 0 Å². The topological polar surface area (TPSA) is 67.9 Å². The third kappa shape index (κ3) is 6.47. The Morgan fingerprint density at radius 2 is 1.74 bits per heavy atom. The number of rotatable bonds is 11. The van der Waals surface area contributed by atoms with Crippen LogP contribution in [0.2, 0.25) is 0 Å². The van der Waals surface area contributed by atoms with E-state index < -0.39 is 10.0 Å². The third-order valence-electron chi connectivity index (χ3n) is 3.81. The maximum Gasteiger partial charge on any atom is 0.213 e. The van der Waals surface area contributed by atoms with E-state index in [0.29, 0.717) is 6.54 Å². The molecule has 0 saturated carbocycles. The second kappa shape index (κ2) is 9.87. The molecular formula is C16H28N2O4S. The molecule has 0 fully saturated rings. The van der Waals surface area contributed by atoms with E-state index in [4.69, 9.17) is 9.47 Å². The number of sulfonamides is 1. The van der Waals surface area contributed by atoms with E-state index in [9.17, 15) is 8.42 Å². The molecule has 1 aromatic rings. The van der Waals surface area contributed by atoms with Crippen molar-refractivity contribution >= 4 is 10.0 Å². The highest BCUT2D eigenvalue weighted by Gasteiger charge is 2.20. The predicted octanol–water partition coefficient (Wildman–Crippen LogP) is 1.64. The van der Waals surface area contributed by atoms with Gasteiger partial charge in [0.25, 0.3) is 0 Å². The molecule has 0 aromatic heterocycles. The molecule has 0 bridgehead atoms. The smallest absolute Gasteiger partial charge is 0.213 e. The van der Waals surface area contributed by atoms with E-state index in [1.54, 1.807) is 7.11 Å². The molecule has 0 amide bonds. The van der Waals surface area contributed by atoms with Gasteiger partial charge in [0.1, 0.15) is 5.75 Å². The monoisotopic (exact) mass is 344 g/mol. The first kappa shape index (κ1) is 19.9. The summed E-state index contributed by atoms with van der Waals surface area (Å²) in [5.74, 6) is 0.754. The van der Waals surface area contributed by atoms with Crippen molar-refractivity contribution in [1.82, 2.24) is 9.62 Å². The zero-order valence-corrected chi connectivity index (χ0v) is 15.2. The fourth-order valence-corrected chi connectivity index (χ4v) is 3.36. The Labute approximate surface area is 139 Å². The van der Waals surface area contributed by atoms with Gasteiger partial charge in [0, 0.05) is 19.7 Å². The van der Waals surface area contributed by atoms with Crippen molar-refractivity contribution in [1.29, 1.82) is 0 Å². The van der Waals surface area contributed by atoms with Crippen molar-refractivity contribution in [2.24, 2.45) is 0 Å². The molecule has 1 aromatic carbocycles. The fraction of sp³-hybridized carbons (Fsp3) is 0.625. The molecule has 132 valence electrons. The molecule has 1 atom stereocenters. The number of hydrogen-bond donors (Lipinski definition) is 1. The lowest BCUT2D eigenvalue weighted by atomic mass is 10.1. The zero-order chi connectivity index (χ0) is 17.3.